The Morgan fingerprint density at radius 3 is 2.11 bits per heavy atom. The van der Waals surface area contributed by atoms with Crippen molar-refractivity contribution in [3.8, 4) is 11.1 Å². The lowest BCUT2D eigenvalue weighted by Gasteiger charge is -2.17. The number of anilines is 1. The zero-order valence-electron chi connectivity index (χ0n) is 21.2. The van der Waals surface area contributed by atoms with E-state index in [9.17, 15) is 19.5 Å². The molecular weight excluding hydrogens is 480 g/mol. The number of carboxylic acid groups (broad SMARTS) is 1. The molecule has 0 saturated heterocycles. The molecule has 0 heterocycles. The van der Waals surface area contributed by atoms with Gasteiger partial charge in [0, 0.05) is 37.7 Å². The highest BCUT2D eigenvalue weighted by Gasteiger charge is 2.30. The molecule has 0 saturated carbocycles. The second-order valence-electron chi connectivity index (χ2n) is 9.63. The van der Waals surface area contributed by atoms with Crippen LogP contribution in [0.25, 0.3) is 21.9 Å². The average Bonchev–Trinajstić information content (AvgIpc) is 3.24. The second kappa shape index (κ2) is 10.4. The number of carboxylic acids is 1. The Labute approximate surface area is 220 Å². The van der Waals surface area contributed by atoms with Crippen LogP contribution in [-0.4, -0.2) is 49.7 Å². The van der Waals surface area contributed by atoms with E-state index in [0.717, 1.165) is 38.7 Å². The maximum atomic E-state index is 12.9. The number of hydrogen-bond donors (Lipinski definition) is 2. The van der Waals surface area contributed by atoms with Gasteiger partial charge in [0.1, 0.15) is 12.6 Å². The molecule has 1 atom stereocenters. The van der Waals surface area contributed by atoms with Crippen LogP contribution in [0.1, 0.15) is 33.8 Å². The van der Waals surface area contributed by atoms with Crippen LogP contribution in [0.3, 0.4) is 0 Å². The van der Waals surface area contributed by atoms with Crippen LogP contribution < -0.4 is 10.2 Å². The van der Waals surface area contributed by atoms with Gasteiger partial charge in [-0.05, 0) is 51.2 Å². The summed E-state index contributed by atoms with van der Waals surface area (Å²) in [4.78, 5) is 39.4. The number of amides is 1. The Balaban J connectivity index is 1.24. The number of nitrogens with zero attached hydrogens (tertiary/aromatic N) is 1. The maximum absolute atomic E-state index is 12.9. The van der Waals surface area contributed by atoms with Crippen molar-refractivity contribution in [2.24, 2.45) is 0 Å². The number of fused-ring (bicyclic) bond motifs is 4. The molecule has 0 unspecified atom stereocenters. The van der Waals surface area contributed by atoms with Gasteiger partial charge in [0.15, 0.2) is 5.78 Å². The van der Waals surface area contributed by atoms with Crippen molar-refractivity contribution in [1.82, 2.24) is 5.32 Å². The summed E-state index contributed by atoms with van der Waals surface area (Å²) in [7, 11) is 3.91. The quantitative estimate of drug-likeness (QED) is 0.307. The molecule has 0 aliphatic heterocycles. The Hall–Kier alpha value is -4.65. The first-order chi connectivity index (χ1) is 18.3. The molecular formula is C31H28N2O5. The number of alkyl carbamates (subject to hydrolysis) is 1. The molecule has 5 rings (SSSR count). The number of rotatable bonds is 8. The molecule has 0 spiro atoms. The highest BCUT2D eigenvalue weighted by molar-refractivity contribution is 6.02. The minimum Gasteiger partial charge on any atom is -0.480 e. The number of carbonyl (C=O) groups is 3. The molecule has 1 aliphatic rings. The predicted octanol–water partition coefficient (Wildman–Crippen LogP) is 5.47. The molecule has 1 aliphatic carbocycles. The van der Waals surface area contributed by atoms with Gasteiger partial charge in [0.25, 0.3) is 0 Å². The van der Waals surface area contributed by atoms with Gasteiger partial charge in [-0.25, -0.2) is 9.59 Å². The lowest BCUT2D eigenvalue weighted by molar-refractivity contribution is -0.139. The van der Waals surface area contributed by atoms with Crippen LogP contribution in [0.15, 0.2) is 84.9 Å². The number of carbonyl (C=O) groups excluding carboxylic acids is 2. The number of hydrogen-bond acceptors (Lipinski definition) is 5. The molecule has 0 fully saturated rings. The van der Waals surface area contributed by atoms with E-state index in [1.807, 2.05) is 91.8 Å². The fourth-order valence-electron chi connectivity index (χ4n) is 4.97. The van der Waals surface area contributed by atoms with Gasteiger partial charge in [0.2, 0.25) is 0 Å². The largest absolute Gasteiger partial charge is 0.480 e. The Morgan fingerprint density at radius 1 is 0.868 bits per heavy atom. The monoisotopic (exact) mass is 508 g/mol. The van der Waals surface area contributed by atoms with Gasteiger partial charge >= 0.3 is 12.1 Å². The number of ketones is 1. The van der Waals surface area contributed by atoms with Crippen LogP contribution in [0.2, 0.25) is 0 Å². The van der Waals surface area contributed by atoms with Gasteiger partial charge in [0.05, 0.1) is 0 Å². The first-order valence-corrected chi connectivity index (χ1v) is 12.4. The Bertz CT molecular complexity index is 1500. The van der Waals surface area contributed by atoms with Gasteiger partial charge in [-0.3, -0.25) is 4.79 Å². The standard InChI is InChI=1S/C31H28N2O5/c1-33(2)22-14-13-19-15-21(12-11-20(19)16-22)29(34)17-28(30(35)36)32-31(37)38-18-27-25-9-5-3-7-23(25)24-8-4-6-10-26(24)27/h3-16,27-28H,17-18H2,1-2H3,(H,32,37)(H,35,36)/t28-/m0/s1. The first kappa shape index (κ1) is 25.0. The molecule has 0 aromatic heterocycles. The van der Waals surface area contributed by atoms with Crippen LogP contribution >= 0.6 is 0 Å². The molecule has 7 nitrogen and oxygen atoms in total. The summed E-state index contributed by atoms with van der Waals surface area (Å²) in [5.74, 6) is -1.83. The summed E-state index contributed by atoms with van der Waals surface area (Å²) in [5, 5.41) is 13.9. The number of benzene rings is 4. The van der Waals surface area contributed by atoms with E-state index in [1.54, 1.807) is 12.1 Å². The van der Waals surface area contributed by atoms with Crippen molar-refractivity contribution in [3.63, 3.8) is 0 Å². The fourth-order valence-corrected chi connectivity index (χ4v) is 4.97. The molecule has 0 radical (unpaired) electrons. The number of nitrogens with one attached hydrogen (secondary N) is 1. The zero-order valence-corrected chi connectivity index (χ0v) is 21.2. The van der Waals surface area contributed by atoms with E-state index in [0.29, 0.717) is 5.56 Å². The summed E-state index contributed by atoms with van der Waals surface area (Å²) >= 11 is 0. The van der Waals surface area contributed by atoms with Crippen molar-refractivity contribution in [2.45, 2.75) is 18.4 Å². The third-order valence-corrected chi connectivity index (χ3v) is 6.99. The number of ether oxygens (including phenoxy) is 1. The zero-order chi connectivity index (χ0) is 26.8. The van der Waals surface area contributed by atoms with Crippen LogP contribution in [-0.2, 0) is 9.53 Å². The minimum absolute atomic E-state index is 0.0553. The van der Waals surface area contributed by atoms with Gasteiger partial charge in [-0.15, -0.1) is 0 Å². The van der Waals surface area contributed by atoms with Crippen molar-refractivity contribution in [2.75, 3.05) is 25.6 Å². The number of Topliss-reactive ketones (excluding diaryl/α,β-unsaturated/α-hetero) is 1. The van der Waals surface area contributed by atoms with Crippen LogP contribution in [0.5, 0.6) is 0 Å². The third kappa shape index (κ3) is 4.95. The smallest absolute Gasteiger partial charge is 0.407 e. The van der Waals surface area contributed by atoms with Crippen molar-refractivity contribution in [3.05, 3.63) is 102 Å². The lowest BCUT2D eigenvalue weighted by atomic mass is 9.98. The maximum Gasteiger partial charge on any atom is 0.407 e. The van der Waals surface area contributed by atoms with Crippen molar-refractivity contribution < 1.29 is 24.2 Å². The summed E-state index contributed by atoms with van der Waals surface area (Å²) in [6.45, 7) is 0.0553. The van der Waals surface area contributed by atoms with E-state index >= 15 is 0 Å². The first-order valence-electron chi connectivity index (χ1n) is 12.4. The Kier molecular flexibility index (Phi) is 6.83. The van der Waals surface area contributed by atoms with Gasteiger partial charge in [-0.1, -0.05) is 66.7 Å². The highest BCUT2D eigenvalue weighted by Crippen LogP contribution is 2.44. The molecule has 4 aromatic carbocycles. The van der Waals surface area contributed by atoms with E-state index < -0.39 is 18.1 Å². The molecule has 192 valence electrons. The van der Waals surface area contributed by atoms with Crippen LogP contribution in [0, 0.1) is 0 Å². The SMILES string of the molecule is CN(C)c1ccc2cc(C(=O)C[C@H](NC(=O)OCC3c4ccccc4-c4ccccc43)C(=O)O)ccc2c1. The molecule has 4 aromatic rings. The summed E-state index contributed by atoms with van der Waals surface area (Å²) < 4.78 is 5.47. The average molecular weight is 509 g/mol. The van der Waals surface area contributed by atoms with Crippen molar-refractivity contribution in [1.29, 1.82) is 0 Å². The van der Waals surface area contributed by atoms with E-state index in [-0.39, 0.29) is 24.7 Å². The lowest BCUT2D eigenvalue weighted by Crippen LogP contribution is -2.42. The fraction of sp³-hybridized carbons (Fsp3) is 0.194. The molecule has 7 heteroatoms. The molecule has 0 bridgehead atoms. The third-order valence-electron chi connectivity index (χ3n) is 6.99. The minimum atomic E-state index is -1.41. The number of aliphatic carboxylic acids is 1. The normalized spacial score (nSPS) is 12.9. The van der Waals surface area contributed by atoms with Gasteiger partial charge in [-0.2, -0.15) is 0 Å². The summed E-state index contributed by atoms with van der Waals surface area (Å²) in [6, 6.07) is 25.6. The summed E-state index contributed by atoms with van der Waals surface area (Å²) in [5.41, 5.74) is 5.73. The van der Waals surface area contributed by atoms with Crippen LogP contribution in [0.4, 0.5) is 10.5 Å². The van der Waals surface area contributed by atoms with E-state index in [2.05, 4.69) is 5.32 Å². The molecule has 1 amide bonds. The Morgan fingerprint density at radius 2 is 1.47 bits per heavy atom. The summed E-state index contributed by atoms with van der Waals surface area (Å²) in [6.07, 6.45) is -1.26. The second-order valence-corrected chi connectivity index (χ2v) is 9.63. The highest BCUT2D eigenvalue weighted by atomic mass is 16.5. The van der Waals surface area contributed by atoms with E-state index in [4.69, 9.17) is 4.74 Å². The topological polar surface area (TPSA) is 95.9 Å². The molecule has 38 heavy (non-hydrogen) atoms. The predicted molar refractivity (Wildman–Crippen MR) is 147 cm³/mol. The van der Waals surface area contributed by atoms with Gasteiger partial charge < -0.3 is 20.1 Å². The molecule has 2 N–H and O–H groups in total. The van der Waals surface area contributed by atoms with Crippen molar-refractivity contribution >= 4 is 34.3 Å². The van der Waals surface area contributed by atoms with E-state index in [1.165, 1.54) is 0 Å².